The summed E-state index contributed by atoms with van der Waals surface area (Å²) in [5.41, 5.74) is 0. The SMILES string of the molecule is OC(O)(Cl)CCC(F)(F)F. The highest BCUT2D eigenvalue weighted by Gasteiger charge is 2.32. The van der Waals surface area contributed by atoms with Gasteiger partial charge in [-0.3, -0.25) is 0 Å². The zero-order chi connectivity index (χ0) is 8.41. The molecular weight excluding hydrogens is 172 g/mol. The van der Waals surface area contributed by atoms with Crippen molar-refractivity contribution in [3.05, 3.63) is 0 Å². The Hall–Kier alpha value is -0.0000000000000000555. The molecule has 0 rings (SSSR count). The topological polar surface area (TPSA) is 40.5 Å². The number of alkyl halides is 4. The second kappa shape index (κ2) is 2.94. The molecule has 0 saturated heterocycles. The molecule has 0 amide bonds. The van der Waals surface area contributed by atoms with Gasteiger partial charge in [-0.25, -0.2) is 0 Å². The fourth-order valence-electron chi connectivity index (χ4n) is 0.301. The Kier molecular flexibility index (Phi) is 2.94. The van der Waals surface area contributed by atoms with Gasteiger partial charge in [0, 0.05) is 12.8 Å². The monoisotopic (exact) mass is 178 g/mol. The lowest BCUT2D eigenvalue weighted by atomic mass is 10.3. The summed E-state index contributed by atoms with van der Waals surface area (Å²) in [5.74, 6) is 0. The molecule has 0 unspecified atom stereocenters. The minimum atomic E-state index is -4.40. The lowest BCUT2D eigenvalue weighted by Gasteiger charge is -2.13. The van der Waals surface area contributed by atoms with Crippen molar-refractivity contribution in [2.24, 2.45) is 0 Å². The van der Waals surface area contributed by atoms with Crippen LogP contribution >= 0.6 is 11.6 Å². The van der Waals surface area contributed by atoms with Crippen LogP contribution in [0.15, 0.2) is 0 Å². The van der Waals surface area contributed by atoms with E-state index in [0.717, 1.165) is 0 Å². The van der Waals surface area contributed by atoms with Crippen molar-refractivity contribution in [2.45, 2.75) is 24.3 Å². The van der Waals surface area contributed by atoms with Gasteiger partial charge in [-0.2, -0.15) is 13.2 Å². The second-order valence-electron chi connectivity index (χ2n) is 1.83. The van der Waals surface area contributed by atoms with Crippen LogP contribution in [0.4, 0.5) is 13.2 Å². The largest absolute Gasteiger partial charge is 0.389 e. The molecule has 0 heterocycles. The molecule has 0 radical (unpaired) electrons. The third-order valence-electron chi connectivity index (χ3n) is 0.727. The average Bonchev–Trinajstić information content (AvgIpc) is 1.57. The molecule has 62 valence electrons. The van der Waals surface area contributed by atoms with E-state index < -0.39 is 24.3 Å². The van der Waals surface area contributed by atoms with Crippen molar-refractivity contribution in [3.8, 4) is 0 Å². The Morgan fingerprint density at radius 1 is 1.10 bits per heavy atom. The van der Waals surface area contributed by atoms with Crippen LogP contribution in [-0.4, -0.2) is 21.6 Å². The summed E-state index contributed by atoms with van der Waals surface area (Å²) < 4.78 is 33.9. The zero-order valence-electron chi connectivity index (χ0n) is 4.82. The lowest BCUT2D eigenvalue weighted by Crippen LogP contribution is -2.22. The van der Waals surface area contributed by atoms with Crippen LogP contribution in [0.25, 0.3) is 0 Å². The molecule has 2 N–H and O–H groups in total. The standard InChI is InChI=1S/C4H6ClF3O2/c5-3(9,10)1-2-4(6,7)8/h9-10H,1-2H2. The van der Waals surface area contributed by atoms with Gasteiger partial charge in [0.05, 0.1) is 0 Å². The first-order valence-corrected chi connectivity index (χ1v) is 2.79. The molecule has 0 aliphatic heterocycles. The Morgan fingerprint density at radius 2 is 1.50 bits per heavy atom. The molecule has 10 heavy (non-hydrogen) atoms. The molecule has 0 aromatic rings. The van der Waals surface area contributed by atoms with Crippen LogP contribution in [0.5, 0.6) is 0 Å². The number of aliphatic hydroxyl groups is 2. The first kappa shape index (κ1) is 10.0. The predicted octanol–water partition coefficient (Wildman–Crippen LogP) is 1.21. The van der Waals surface area contributed by atoms with Gasteiger partial charge in [-0.15, -0.1) is 0 Å². The van der Waals surface area contributed by atoms with E-state index in [4.69, 9.17) is 10.2 Å². The zero-order valence-corrected chi connectivity index (χ0v) is 5.58. The number of halogens is 4. The molecular formula is C4H6ClF3O2. The Morgan fingerprint density at radius 3 is 1.60 bits per heavy atom. The quantitative estimate of drug-likeness (QED) is 0.493. The fourth-order valence-corrected chi connectivity index (χ4v) is 0.395. The van der Waals surface area contributed by atoms with E-state index in [1.54, 1.807) is 0 Å². The summed E-state index contributed by atoms with van der Waals surface area (Å²) in [6.45, 7) is 0. The molecule has 0 bridgehead atoms. The smallest absolute Gasteiger partial charge is 0.353 e. The normalized spacial score (nSPS) is 13.8. The van der Waals surface area contributed by atoms with Crippen LogP contribution in [0, 0.1) is 0 Å². The summed E-state index contributed by atoms with van der Waals surface area (Å²) in [5, 5.41) is 13.7. The van der Waals surface area contributed by atoms with Crippen molar-refractivity contribution in [1.82, 2.24) is 0 Å². The van der Waals surface area contributed by atoms with Gasteiger partial charge >= 0.3 is 6.18 Å². The van der Waals surface area contributed by atoms with E-state index in [1.807, 2.05) is 0 Å². The van der Waals surface area contributed by atoms with Crippen molar-refractivity contribution >= 4 is 11.6 Å². The van der Waals surface area contributed by atoms with Crippen molar-refractivity contribution in [1.29, 1.82) is 0 Å². The van der Waals surface area contributed by atoms with Gasteiger partial charge in [-0.05, 0) is 0 Å². The number of hydrogen-bond donors (Lipinski definition) is 2. The average molecular weight is 179 g/mol. The Labute approximate surface area is 60.2 Å². The Balaban J connectivity index is 3.56. The van der Waals surface area contributed by atoms with E-state index in [-0.39, 0.29) is 0 Å². The maximum atomic E-state index is 11.3. The molecule has 0 spiro atoms. The van der Waals surface area contributed by atoms with Crippen LogP contribution < -0.4 is 0 Å². The highest BCUT2D eigenvalue weighted by Crippen LogP contribution is 2.26. The third kappa shape index (κ3) is 8.00. The van der Waals surface area contributed by atoms with Crippen LogP contribution in [-0.2, 0) is 0 Å². The molecule has 6 heteroatoms. The summed E-state index contributed by atoms with van der Waals surface area (Å²) in [6.07, 6.45) is -6.62. The first-order valence-electron chi connectivity index (χ1n) is 2.41. The molecule has 0 aliphatic carbocycles. The van der Waals surface area contributed by atoms with E-state index in [9.17, 15) is 13.2 Å². The molecule has 0 aromatic carbocycles. The fraction of sp³-hybridized carbons (Fsp3) is 1.00. The van der Waals surface area contributed by atoms with Crippen LogP contribution in [0.1, 0.15) is 12.8 Å². The highest BCUT2D eigenvalue weighted by atomic mass is 35.5. The van der Waals surface area contributed by atoms with Crippen LogP contribution in [0.2, 0.25) is 0 Å². The van der Waals surface area contributed by atoms with Crippen molar-refractivity contribution in [2.75, 3.05) is 0 Å². The van der Waals surface area contributed by atoms with Gasteiger partial charge < -0.3 is 10.2 Å². The second-order valence-corrected chi connectivity index (χ2v) is 2.44. The maximum Gasteiger partial charge on any atom is 0.389 e. The molecule has 0 fully saturated rings. The molecule has 0 aromatic heterocycles. The number of hydrogen-bond acceptors (Lipinski definition) is 2. The molecule has 0 saturated carbocycles. The van der Waals surface area contributed by atoms with E-state index >= 15 is 0 Å². The van der Waals surface area contributed by atoms with Gasteiger partial charge in [0.15, 0.2) is 0 Å². The van der Waals surface area contributed by atoms with E-state index in [1.165, 1.54) is 0 Å². The van der Waals surface area contributed by atoms with Gasteiger partial charge in [-0.1, -0.05) is 11.6 Å². The Bertz CT molecular complexity index is 92.1. The van der Waals surface area contributed by atoms with Gasteiger partial charge in [0.2, 0.25) is 5.25 Å². The van der Waals surface area contributed by atoms with E-state index in [2.05, 4.69) is 11.6 Å². The first-order chi connectivity index (χ1) is 4.21. The summed E-state index contributed by atoms with van der Waals surface area (Å²) >= 11 is 4.65. The van der Waals surface area contributed by atoms with Gasteiger partial charge in [0.25, 0.3) is 0 Å². The number of rotatable bonds is 2. The highest BCUT2D eigenvalue weighted by molar-refractivity contribution is 6.21. The third-order valence-corrected chi connectivity index (χ3v) is 0.916. The summed E-state index contributed by atoms with van der Waals surface area (Å²) in [4.78, 5) is 0. The van der Waals surface area contributed by atoms with Gasteiger partial charge in [0.1, 0.15) is 0 Å². The van der Waals surface area contributed by atoms with Crippen LogP contribution in [0.3, 0.4) is 0 Å². The maximum absolute atomic E-state index is 11.3. The molecule has 2 nitrogen and oxygen atoms in total. The predicted molar refractivity (Wildman–Crippen MR) is 28.3 cm³/mol. The molecule has 0 atom stereocenters. The van der Waals surface area contributed by atoms with Crippen molar-refractivity contribution < 1.29 is 23.4 Å². The minimum Gasteiger partial charge on any atom is -0.353 e. The summed E-state index contributed by atoms with van der Waals surface area (Å²) in [6, 6.07) is 0. The molecule has 0 aliphatic rings. The van der Waals surface area contributed by atoms with Crippen molar-refractivity contribution in [3.63, 3.8) is 0 Å². The summed E-state index contributed by atoms with van der Waals surface area (Å²) in [7, 11) is 0. The minimum absolute atomic E-state index is 0.919. The lowest BCUT2D eigenvalue weighted by molar-refractivity contribution is -0.163. The van der Waals surface area contributed by atoms with E-state index in [0.29, 0.717) is 0 Å².